The lowest BCUT2D eigenvalue weighted by Gasteiger charge is -2.28. The van der Waals surface area contributed by atoms with Gasteiger partial charge in [0.25, 0.3) is 0 Å². The number of ketones is 1. The summed E-state index contributed by atoms with van der Waals surface area (Å²) in [5.41, 5.74) is 3.73. The maximum atomic E-state index is 15.6. The molecule has 4 rings (SSSR count). The number of alkyl halides is 1. The summed E-state index contributed by atoms with van der Waals surface area (Å²) in [6, 6.07) is 5.24. The molecule has 1 amide bonds. The minimum Gasteiger partial charge on any atom is -0.381 e. The van der Waals surface area contributed by atoms with Gasteiger partial charge in [0.1, 0.15) is 17.4 Å². The number of oxime groups is 1. The summed E-state index contributed by atoms with van der Waals surface area (Å²) in [7, 11) is 0. The summed E-state index contributed by atoms with van der Waals surface area (Å²) in [5.74, 6) is -4.42. The number of Topliss-reactive ketones (excluding diaryl/α,β-unsaturated/α-hetero) is 1. The summed E-state index contributed by atoms with van der Waals surface area (Å²) in [6.45, 7) is 5.09. The molecule has 10 heteroatoms. The molecule has 2 aliphatic heterocycles. The van der Waals surface area contributed by atoms with E-state index in [9.17, 15) is 14.0 Å². The first kappa shape index (κ1) is 21.4. The second-order valence-corrected chi connectivity index (χ2v) is 8.08. The van der Waals surface area contributed by atoms with Gasteiger partial charge in [0.15, 0.2) is 11.3 Å². The Kier molecular flexibility index (Phi) is 4.95. The van der Waals surface area contributed by atoms with Crippen molar-refractivity contribution >= 4 is 23.6 Å². The van der Waals surface area contributed by atoms with E-state index in [1.807, 2.05) is 6.92 Å². The van der Waals surface area contributed by atoms with Crippen molar-refractivity contribution in [2.75, 3.05) is 0 Å². The number of aryl methyl sites for hydroxylation is 1. The van der Waals surface area contributed by atoms with E-state index in [-0.39, 0.29) is 17.2 Å². The van der Waals surface area contributed by atoms with Gasteiger partial charge in [-0.05, 0) is 32.4 Å². The fourth-order valence-corrected chi connectivity index (χ4v) is 3.55. The van der Waals surface area contributed by atoms with Gasteiger partial charge in [-0.1, -0.05) is 17.3 Å². The van der Waals surface area contributed by atoms with Crippen LogP contribution >= 0.6 is 0 Å². The number of aromatic nitrogens is 2. The van der Waals surface area contributed by atoms with Crippen LogP contribution in [0.15, 0.2) is 52.8 Å². The standard InChI is InChI=1S/C22H19F2N5O3/c1-11-4-5-12(18-19(30)21(2,3)32-29-18)6-13(11)15-8-28-16(9-27-15)22(24)10-26-7-14(23)17(22)20(25)31/h4-10,17H,1-3H3,(H2,25,31). The van der Waals surface area contributed by atoms with Crippen LogP contribution in [0.3, 0.4) is 0 Å². The number of aliphatic imine (C=N–C) groups is 1. The average molecular weight is 439 g/mol. The first-order valence-corrected chi connectivity index (χ1v) is 9.67. The summed E-state index contributed by atoms with van der Waals surface area (Å²) < 4.78 is 29.6. The van der Waals surface area contributed by atoms with Crippen molar-refractivity contribution < 1.29 is 23.2 Å². The first-order valence-electron chi connectivity index (χ1n) is 9.67. The zero-order valence-electron chi connectivity index (χ0n) is 17.5. The molecule has 0 saturated carbocycles. The van der Waals surface area contributed by atoms with Crippen molar-refractivity contribution in [2.24, 2.45) is 21.8 Å². The van der Waals surface area contributed by atoms with E-state index < -0.39 is 28.9 Å². The van der Waals surface area contributed by atoms with Gasteiger partial charge in [-0.15, -0.1) is 0 Å². The van der Waals surface area contributed by atoms with Crippen LogP contribution in [0.4, 0.5) is 8.78 Å². The van der Waals surface area contributed by atoms with Crippen molar-refractivity contribution in [1.82, 2.24) is 9.97 Å². The van der Waals surface area contributed by atoms with Gasteiger partial charge in [-0.25, -0.2) is 8.78 Å². The Balaban J connectivity index is 1.70. The Labute approximate surface area is 181 Å². The molecule has 1 aromatic heterocycles. The molecule has 1 aromatic carbocycles. The maximum absolute atomic E-state index is 15.6. The molecule has 0 spiro atoms. The third kappa shape index (κ3) is 3.37. The fourth-order valence-electron chi connectivity index (χ4n) is 3.55. The Morgan fingerprint density at radius 3 is 2.56 bits per heavy atom. The number of benzene rings is 1. The zero-order valence-corrected chi connectivity index (χ0v) is 17.5. The fraction of sp³-hybridized carbons (Fsp3) is 0.273. The third-order valence-electron chi connectivity index (χ3n) is 5.40. The number of nitrogens with two attached hydrogens (primary N) is 1. The van der Waals surface area contributed by atoms with E-state index in [1.165, 1.54) is 6.20 Å². The van der Waals surface area contributed by atoms with E-state index in [2.05, 4.69) is 20.1 Å². The van der Waals surface area contributed by atoms with Crippen molar-refractivity contribution in [1.29, 1.82) is 0 Å². The summed E-state index contributed by atoms with van der Waals surface area (Å²) in [4.78, 5) is 41.2. The predicted molar refractivity (Wildman–Crippen MR) is 112 cm³/mol. The van der Waals surface area contributed by atoms with Gasteiger partial charge >= 0.3 is 0 Å². The van der Waals surface area contributed by atoms with Crippen LogP contribution in [0.2, 0.25) is 0 Å². The molecular formula is C22H19F2N5O3. The molecule has 0 saturated heterocycles. The molecule has 0 bridgehead atoms. The topological polar surface area (TPSA) is 120 Å². The Morgan fingerprint density at radius 1 is 1.22 bits per heavy atom. The van der Waals surface area contributed by atoms with Gasteiger partial charge in [0.05, 0.1) is 24.3 Å². The number of nitrogens with zero attached hydrogens (tertiary/aromatic N) is 4. The van der Waals surface area contributed by atoms with E-state index >= 15 is 4.39 Å². The highest BCUT2D eigenvalue weighted by molar-refractivity contribution is 6.49. The third-order valence-corrected chi connectivity index (χ3v) is 5.40. The van der Waals surface area contributed by atoms with Crippen molar-refractivity contribution in [3.63, 3.8) is 0 Å². The SMILES string of the molecule is Cc1ccc(C2=NOC(C)(C)C2=O)cc1-c1cnc(C2(F)C=NC=C(F)C2C(N)=O)cn1. The van der Waals surface area contributed by atoms with Crippen molar-refractivity contribution in [3.05, 3.63) is 59.4 Å². The molecule has 3 heterocycles. The van der Waals surface area contributed by atoms with Gasteiger partial charge in [0, 0.05) is 17.3 Å². The number of halogens is 2. The molecule has 2 N–H and O–H groups in total. The van der Waals surface area contributed by atoms with E-state index in [1.54, 1.807) is 32.0 Å². The number of primary amides is 1. The molecule has 2 unspecified atom stereocenters. The molecule has 32 heavy (non-hydrogen) atoms. The zero-order chi connectivity index (χ0) is 23.3. The highest BCUT2D eigenvalue weighted by Crippen LogP contribution is 2.39. The number of amides is 1. The molecular weight excluding hydrogens is 420 g/mol. The maximum Gasteiger partial charge on any atom is 0.231 e. The van der Waals surface area contributed by atoms with Crippen LogP contribution in [0.25, 0.3) is 11.3 Å². The van der Waals surface area contributed by atoms with Crippen LogP contribution in [-0.2, 0) is 20.1 Å². The molecule has 0 aliphatic carbocycles. The minimum atomic E-state index is -2.67. The number of hydrogen-bond donors (Lipinski definition) is 1. The van der Waals surface area contributed by atoms with E-state index in [4.69, 9.17) is 10.6 Å². The molecule has 2 atom stereocenters. The van der Waals surface area contributed by atoms with Crippen LogP contribution in [0.1, 0.15) is 30.7 Å². The predicted octanol–water partition coefficient (Wildman–Crippen LogP) is 2.70. The molecule has 2 aromatic rings. The van der Waals surface area contributed by atoms with Crippen molar-refractivity contribution in [3.8, 4) is 11.3 Å². The molecule has 2 aliphatic rings. The highest BCUT2D eigenvalue weighted by atomic mass is 19.2. The van der Waals surface area contributed by atoms with E-state index in [0.717, 1.165) is 24.2 Å². The first-order chi connectivity index (χ1) is 15.0. The Hall–Kier alpha value is -3.82. The Morgan fingerprint density at radius 2 is 1.97 bits per heavy atom. The Bertz CT molecular complexity index is 1220. The minimum absolute atomic E-state index is 0.188. The number of rotatable bonds is 4. The van der Waals surface area contributed by atoms with Gasteiger partial charge in [-0.2, -0.15) is 0 Å². The monoisotopic (exact) mass is 439 g/mol. The van der Waals surface area contributed by atoms with E-state index in [0.29, 0.717) is 16.8 Å². The summed E-state index contributed by atoms with van der Waals surface area (Å²) >= 11 is 0. The number of hydrogen-bond acceptors (Lipinski definition) is 7. The largest absolute Gasteiger partial charge is 0.381 e. The van der Waals surface area contributed by atoms with Crippen molar-refractivity contribution in [2.45, 2.75) is 32.0 Å². The molecule has 164 valence electrons. The molecule has 8 nitrogen and oxygen atoms in total. The van der Waals surface area contributed by atoms with Crippen LogP contribution in [0.5, 0.6) is 0 Å². The van der Waals surface area contributed by atoms with Gasteiger partial charge in [0.2, 0.25) is 17.4 Å². The highest BCUT2D eigenvalue weighted by Gasteiger charge is 2.49. The average Bonchev–Trinajstić information content (AvgIpc) is 3.01. The molecule has 0 radical (unpaired) electrons. The quantitative estimate of drug-likeness (QED) is 0.785. The second kappa shape index (κ2) is 7.40. The second-order valence-electron chi connectivity index (χ2n) is 8.08. The van der Waals surface area contributed by atoms with Gasteiger partial charge < -0.3 is 10.6 Å². The lowest BCUT2D eigenvalue weighted by Crippen LogP contribution is -2.43. The van der Waals surface area contributed by atoms with Crippen LogP contribution in [-0.4, -0.2) is 39.2 Å². The lowest BCUT2D eigenvalue weighted by molar-refractivity contribution is -0.128. The number of carbonyl (C=O) groups excluding carboxylic acids is 2. The normalized spacial score (nSPS) is 24.0. The summed E-state index contributed by atoms with van der Waals surface area (Å²) in [5, 5.41) is 3.90. The smallest absolute Gasteiger partial charge is 0.231 e. The van der Waals surface area contributed by atoms with Crippen LogP contribution in [0, 0.1) is 12.8 Å². The lowest BCUT2D eigenvalue weighted by atomic mass is 9.84. The molecule has 0 fully saturated rings. The van der Waals surface area contributed by atoms with Crippen LogP contribution < -0.4 is 5.73 Å². The van der Waals surface area contributed by atoms with Gasteiger partial charge in [-0.3, -0.25) is 24.5 Å². The summed E-state index contributed by atoms with van der Waals surface area (Å²) in [6.07, 6.45) is 3.92. The number of carbonyl (C=O) groups is 2.